The molecule has 2 aromatic rings. The molecule has 1 N–H and O–H groups in total. The van der Waals surface area contributed by atoms with E-state index in [0.717, 1.165) is 17.0 Å². The summed E-state index contributed by atoms with van der Waals surface area (Å²) in [7, 11) is 0. The molecule has 0 amide bonds. The molecule has 1 aromatic carbocycles. The normalized spacial score (nSPS) is 11.2. The number of benzene rings is 1. The first-order valence-electron chi connectivity index (χ1n) is 6.63. The predicted octanol–water partition coefficient (Wildman–Crippen LogP) is 3.54. The van der Waals surface area contributed by atoms with E-state index in [1.54, 1.807) is 0 Å². The summed E-state index contributed by atoms with van der Waals surface area (Å²) in [6.45, 7) is 5.79. The van der Waals surface area contributed by atoms with Gasteiger partial charge in [0, 0.05) is 23.7 Å². The summed E-state index contributed by atoms with van der Waals surface area (Å²) >= 11 is 5.91. The maximum Gasteiger partial charge on any atom is 0.162 e. The summed E-state index contributed by atoms with van der Waals surface area (Å²) in [6, 6.07) is 9.95. The Hall–Kier alpha value is -1.36. The lowest BCUT2D eigenvalue weighted by Crippen LogP contribution is -2.21. The first kappa shape index (κ1) is 15.0. The molecule has 0 unspecified atom stereocenters. The van der Waals surface area contributed by atoms with Crippen LogP contribution in [0, 0.1) is 0 Å². The highest BCUT2D eigenvalue weighted by molar-refractivity contribution is 6.30. The number of hydrogen-bond donors (Lipinski definition) is 1. The third-order valence-corrected chi connectivity index (χ3v) is 2.94. The van der Waals surface area contributed by atoms with Gasteiger partial charge in [0.2, 0.25) is 0 Å². The topological polar surface area (TPSA) is 47.3 Å². The molecular formula is C15H19ClN2O2. The largest absolute Gasteiger partial charge is 0.369 e. The van der Waals surface area contributed by atoms with E-state index in [0.29, 0.717) is 30.8 Å². The Morgan fingerprint density at radius 2 is 2.15 bits per heavy atom. The van der Waals surface area contributed by atoms with Crippen LogP contribution in [0.2, 0.25) is 5.02 Å². The standard InChI is InChI=1S/C15H19ClN2O2/c1-11(2)17-8-14-7-15(20-18-14)10-19-9-12-4-3-5-13(16)6-12/h3-7,11,17H,8-10H2,1-2H3. The monoisotopic (exact) mass is 294 g/mol. The van der Waals surface area contributed by atoms with Gasteiger partial charge in [-0.1, -0.05) is 42.7 Å². The zero-order chi connectivity index (χ0) is 14.4. The van der Waals surface area contributed by atoms with E-state index < -0.39 is 0 Å². The van der Waals surface area contributed by atoms with Crippen molar-refractivity contribution in [1.82, 2.24) is 10.5 Å². The van der Waals surface area contributed by atoms with Crippen molar-refractivity contribution in [3.8, 4) is 0 Å². The number of ether oxygens (including phenoxy) is 1. The highest BCUT2D eigenvalue weighted by atomic mass is 35.5. The van der Waals surface area contributed by atoms with Crippen LogP contribution in [0.1, 0.15) is 30.9 Å². The van der Waals surface area contributed by atoms with Gasteiger partial charge in [-0.25, -0.2) is 0 Å². The summed E-state index contributed by atoms with van der Waals surface area (Å²) < 4.78 is 10.8. The predicted molar refractivity (Wildman–Crippen MR) is 78.4 cm³/mol. The third kappa shape index (κ3) is 4.96. The van der Waals surface area contributed by atoms with Gasteiger partial charge in [0.25, 0.3) is 0 Å². The third-order valence-electron chi connectivity index (χ3n) is 2.70. The van der Waals surface area contributed by atoms with Crippen LogP contribution in [-0.2, 0) is 24.5 Å². The average Bonchev–Trinajstić information content (AvgIpc) is 2.84. The van der Waals surface area contributed by atoms with Crippen LogP contribution in [0.5, 0.6) is 0 Å². The van der Waals surface area contributed by atoms with Gasteiger partial charge in [0.15, 0.2) is 5.76 Å². The maximum absolute atomic E-state index is 5.91. The minimum Gasteiger partial charge on any atom is -0.369 e. The Balaban J connectivity index is 1.77. The minimum absolute atomic E-state index is 0.404. The second-order valence-electron chi connectivity index (χ2n) is 4.94. The van der Waals surface area contributed by atoms with Crippen molar-refractivity contribution in [1.29, 1.82) is 0 Å². The lowest BCUT2D eigenvalue weighted by Gasteiger charge is -2.03. The van der Waals surface area contributed by atoms with E-state index in [1.165, 1.54) is 0 Å². The van der Waals surface area contributed by atoms with E-state index in [4.69, 9.17) is 20.9 Å². The summed E-state index contributed by atoms with van der Waals surface area (Å²) in [5, 5.41) is 7.99. The zero-order valence-electron chi connectivity index (χ0n) is 11.7. The van der Waals surface area contributed by atoms with Gasteiger partial charge in [-0.2, -0.15) is 0 Å². The molecule has 0 radical (unpaired) electrons. The molecular weight excluding hydrogens is 276 g/mol. The molecule has 1 heterocycles. The summed E-state index contributed by atoms with van der Waals surface area (Å²) in [6.07, 6.45) is 0. The van der Waals surface area contributed by atoms with Crippen LogP contribution < -0.4 is 5.32 Å². The Bertz CT molecular complexity index is 540. The number of rotatable bonds is 7. The molecule has 2 rings (SSSR count). The van der Waals surface area contributed by atoms with Crippen molar-refractivity contribution in [2.75, 3.05) is 0 Å². The molecule has 0 bridgehead atoms. The summed E-state index contributed by atoms with van der Waals surface area (Å²) in [5.74, 6) is 0.729. The van der Waals surface area contributed by atoms with Crippen LogP contribution in [-0.4, -0.2) is 11.2 Å². The fourth-order valence-corrected chi connectivity index (χ4v) is 1.92. The molecule has 5 heteroatoms. The molecule has 0 fully saturated rings. The van der Waals surface area contributed by atoms with Crippen molar-refractivity contribution in [3.63, 3.8) is 0 Å². The lowest BCUT2D eigenvalue weighted by atomic mass is 10.2. The second kappa shape index (κ2) is 7.43. The molecule has 0 spiro atoms. The van der Waals surface area contributed by atoms with E-state index >= 15 is 0 Å². The highest BCUT2D eigenvalue weighted by Crippen LogP contribution is 2.12. The molecule has 1 aromatic heterocycles. The lowest BCUT2D eigenvalue weighted by molar-refractivity contribution is 0.0883. The molecule has 0 saturated heterocycles. The fourth-order valence-electron chi connectivity index (χ4n) is 1.71. The van der Waals surface area contributed by atoms with Crippen molar-refractivity contribution in [3.05, 3.63) is 52.4 Å². The van der Waals surface area contributed by atoms with E-state index in [1.807, 2.05) is 30.3 Å². The van der Waals surface area contributed by atoms with Crippen LogP contribution in [0.25, 0.3) is 0 Å². The smallest absolute Gasteiger partial charge is 0.162 e. The Morgan fingerprint density at radius 1 is 1.30 bits per heavy atom. The molecule has 0 aliphatic rings. The molecule has 20 heavy (non-hydrogen) atoms. The number of halogens is 1. The minimum atomic E-state index is 0.404. The van der Waals surface area contributed by atoms with Crippen LogP contribution in [0.3, 0.4) is 0 Å². The van der Waals surface area contributed by atoms with Crippen molar-refractivity contribution >= 4 is 11.6 Å². The van der Waals surface area contributed by atoms with Gasteiger partial charge in [0.05, 0.1) is 12.3 Å². The van der Waals surface area contributed by atoms with Crippen molar-refractivity contribution in [2.45, 2.75) is 39.6 Å². The Labute approximate surface area is 124 Å². The Morgan fingerprint density at radius 3 is 2.90 bits per heavy atom. The molecule has 0 aliphatic carbocycles. The molecule has 4 nitrogen and oxygen atoms in total. The van der Waals surface area contributed by atoms with E-state index in [-0.39, 0.29) is 0 Å². The SMILES string of the molecule is CC(C)NCc1cc(COCc2cccc(Cl)c2)on1. The van der Waals surface area contributed by atoms with Crippen LogP contribution >= 0.6 is 11.6 Å². The zero-order valence-corrected chi connectivity index (χ0v) is 12.5. The molecule has 0 saturated carbocycles. The number of aromatic nitrogens is 1. The number of nitrogens with one attached hydrogen (secondary N) is 1. The molecule has 0 atom stereocenters. The fraction of sp³-hybridized carbons (Fsp3) is 0.400. The molecule has 0 aliphatic heterocycles. The average molecular weight is 295 g/mol. The van der Waals surface area contributed by atoms with E-state index in [9.17, 15) is 0 Å². The quantitative estimate of drug-likeness (QED) is 0.848. The van der Waals surface area contributed by atoms with Crippen molar-refractivity contribution in [2.24, 2.45) is 0 Å². The number of nitrogens with zero attached hydrogens (tertiary/aromatic N) is 1. The highest BCUT2D eigenvalue weighted by Gasteiger charge is 2.05. The summed E-state index contributed by atoms with van der Waals surface area (Å²) in [4.78, 5) is 0. The van der Waals surface area contributed by atoms with Gasteiger partial charge in [-0.3, -0.25) is 0 Å². The second-order valence-corrected chi connectivity index (χ2v) is 5.38. The van der Waals surface area contributed by atoms with Crippen molar-refractivity contribution < 1.29 is 9.26 Å². The van der Waals surface area contributed by atoms with Gasteiger partial charge in [-0.05, 0) is 17.7 Å². The summed E-state index contributed by atoms with van der Waals surface area (Å²) in [5.41, 5.74) is 1.93. The Kier molecular flexibility index (Phi) is 5.59. The van der Waals surface area contributed by atoms with Gasteiger partial charge in [0.1, 0.15) is 6.61 Å². The van der Waals surface area contributed by atoms with Gasteiger partial charge < -0.3 is 14.6 Å². The maximum atomic E-state index is 5.91. The van der Waals surface area contributed by atoms with Gasteiger partial charge >= 0.3 is 0 Å². The van der Waals surface area contributed by atoms with Crippen LogP contribution in [0.15, 0.2) is 34.9 Å². The molecule has 108 valence electrons. The first-order valence-corrected chi connectivity index (χ1v) is 7.01. The number of hydrogen-bond acceptors (Lipinski definition) is 4. The van der Waals surface area contributed by atoms with Crippen LogP contribution in [0.4, 0.5) is 0 Å². The van der Waals surface area contributed by atoms with E-state index in [2.05, 4.69) is 24.3 Å². The van der Waals surface area contributed by atoms with Gasteiger partial charge in [-0.15, -0.1) is 0 Å². The first-order chi connectivity index (χ1) is 9.63.